The van der Waals surface area contributed by atoms with Gasteiger partial charge in [0.1, 0.15) is 11.6 Å². The smallest absolute Gasteiger partial charge is 0.161 e. The van der Waals surface area contributed by atoms with Gasteiger partial charge in [0.25, 0.3) is 0 Å². The second kappa shape index (κ2) is 11.1. The summed E-state index contributed by atoms with van der Waals surface area (Å²) in [6.45, 7) is 2.86. The number of hydrogen-bond acceptors (Lipinski definition) is 6. The Balaban J connectivity index is 0.00000181. The van der Waals surface area contributed by atoms with Crippen LogP contribution in [0.3, 0.4) is 0 Å². The molecule has 32 heavy (non-hydrogen) atoms. The first-order chi connectivity index (χ1) is 14.7. The second-order valence-corrected chi connectivity index (χ2v) is 6.99. The fraction of sp³-hybridized carbons (Fsp3) is 0.250. The van der Waals surface area contributed by atoms with Crippen LogP contribution in [0.15, 0.2) is 48.8 Å². The van der Waals surface area contributed by atoms with Crippen molar-refractivity contribution in [3.63, 3.8) is 0 Å². The number of nitrogens with zero attached hydrogens (tertiary/aromatic N) is 2. The number of benzene rings is 2. The number of halogens is 2. The molecule has 0 bridgehead atoms. The molecule has 0 fully saturated rings. The molecular weight excluding hydrogens is 449 g/mol. The van der Waals surface area contributed by atoms with E-state index in [1.165, 1.54) is 0 Å². The van der Waals surface area contributed by atoms with E-state index in [1.54, 1.807) is 21.3 Å². The number of hydrogen-bond donors (Lipinski definition) is 1. The highest BCUT2D eigenvalue weighted by atomic mass is 35.5. The predicted octanol–water partition coefficient (Wildman–Crippen LogP) is 5.68. The second-order valence-electron chi connectivity index (χ2n) is 6.99. The molecule has 0 aliphatic carbocycles. The summed E-state index contributed by atoms with van der Waals surface area (Å²) in [5.74, 6) is 3.09. The molecule has 0 atom stereocenters. The summed E-state index contributed by atoms with van der Waals surface area (Å²) in [7, 11) is 4.96. The van der Waals surface area contributed by atoms with E-state index in [0.717, 1.165) is 50.9 Å². The lowest BCUT2D eigenvalue weighted by atomic mass is 9.99. The van der Waals surface area contributed by atoms with Gasteiger partial charge in [-0.25, -0.2) is 4.98 Å². The van der Waals surface area contributed by atoms with Crippen LogP contribution in [0.5, 0.6) is 17.2 Å². The number of ether oxygens (including phenoxy) is 3. The molecule has 0 saturated heterocycles. The zero-order valence-corrected chi connectivity index (χ0v) is 20.1. The highest BCUT2D eigenvalue weighted by molar-refractivity contribution is 5.89. The number of nitrogens with one attached hydrogen (secondary N) is 1. The summed E-state index contributed by atoms with van der Waals surface area (Å²) in [6.07, 6.45) is 4.43. The number of fused-ring (bicyclic) bond motifs is 2. The number of pyridine rings is 2. The minimum atomic E-state index is 0. The Morgan fingerprint density at radius 3 is 2.25 bits per heavy atom. The Labute approximate surface area is 200 Å². The van der Waals surface area contributed by atoms with Crippen LogP contribution in [0.1, 0.15) is 18.1 Å². The molecule has 170 valence electrons. The van der Waals surface area contributed by atoms with E-state index in [2.05, 4.69) is 23.3 Å². The number of aromatic nitrogens is 2. The predicted molar refractivity (Wildman–Crippen MR) is 135 cm³/mol. The van der Waals surface area contributed by atoms with Crippen molar-refractivity contribution in [2.24, 2.45) is 0 Å². The zero-order valence-electron chi connectivity index (χ0n) is 18.5. The molecule has 1 N–H and O–H groups in total. The summed E-state index contributed by atoms with van der Waals surface area (Å²) in [5, 5.41) is 6.52. The Morgan fingerprint density at radius 1 is 0.812 bits per heavy atom. The number of methoxy groups -OCH3 is 3. The summed E-state index contributed by atoms with van der Waals surface area (Å²) in [6, 6.07) is 12.1. The van der Waals surface area contributed by atoms with E-state index < -0.39 is 0 Å². The van der Waals surface area contributed by atoms with E-state index in [-0.39, 0.29) is 24.8 Å². The van der Waals surface area contributed by atoms with Crippen LogP contribution in [0.25, 0.3) is 21.7 Å². The van der Waals surface area contributed by atoms with Crippen LogP contribution in [0.4, 0.5) is 5.82 Å². The minimum absolute atomic E-state index is 0. The average molecular weight is 476 g/mol. The Kier molecular flexibility index (Phi) is 8.75. The fourth-order valence-electron chi connectivity index (χ4n) is 3.68. The van der Waals surface area contributed by atoms with Crippen molar-refractivity contribution in [2.75, 3.05) is 33.2 Å². The molecule has 0 radical (unpaired) electrons. The van der Waals surface area contributed by atoms with Crippen LogP contribution in [-0.2, 0) is 6.42 Å². The third-order valence-electron chi connectivity index (χ3n) is 5.17. The Morgan fingerprint density at radius 2 is 1.56 bits per heavy atom. The monoisotopic (exact) mass is 475 g/mol. The fourth-order valence-corrected chi connectivity index (χ4v) is 3.68. The Bertz CT molecular complexity index is 1220. The van der Waals surface area contributed by atoms with Crippen molar-refractivity contribution >= 4 is 52.3 Å². The molecule has 4 aromatic rings. The largest absolute Gasteiger partial charge is 0.497 e. The van der Waals surface area contributed by atoms with Crippen molar-refractivity contribution < 1.29 is 14.2 Å². The van der Waals surface area contributed by atoms with Crippen LogP contribution in [-0.4, -0.2) is 37.8 Å². The lowest BCUT2D eigenvalue weighted by Crippen LogP contribution is -2.05. The summed E-state index contributed by atoms with van der Waals surface area (Å²) in [4.78, 5) is 9.29. The highest BCUT2D eigenvalue weighted by Crippen LogP contribution is 2.34. The van der Waals surface area contributed by atoms with E-state index in [4.69, 9.17) is 19.2 Å². The van der Waals surface area contributed by atoms with Crippen molar-refractivity contribution in [3.05, 3.63) is 59.9 Å². The van der Waals surface area contributed by atoms with Gasteiger partial charge in [-0.1, -0.05) is 0 Å². The lowest BCUT2D eigenvalue weighted by Gasteiger charge is -2.15. The first-order valence-corrected chi connectivity index (χ1v) is 9.87. The van der Waals surface area contributed by atoms with Crippen LogP contribution in [0, 0.1) is 0 Å². The molecule has 2 aromatic heterocycles. The van der Waals surface area contributed by atoms with E-state index >= 15 is 0 Å². The number of anilines is 1. The maximum absolute atomic E-state index is 5.51. The van der Waals surface area contributed by atoms with Gasteiger partial charge in [0.05, 0.1) is 26.8 Å². The average Bonchev–Trinajstić information content (AvgIpc) is 2.78. The third-order valence-corrected chi connectivity index (χ3v) is 5.17. The van der Waals surface area contributed by atoms with Gasteiger partial charge in [0, 0.05) is 36.1 Å². The first-order valence-electron chi connectivity index (χ1n) is 9.87. The molecule has 2 aromatic carbocycles. The van der Waals surface area contributed by atoms with Crippen LogP contribution in [0.2, 0.25) is 0 Å². The van der Waals surface area contributed by atoms with Gasteiger partial charge >= 0.3 is 0 Å². The molecule has 0 saturated carbocycles. The normalized spacial score (nSPS) is 10.2. The van der Waals surface area contributed by atoms with E-state index in [1.807, 2.05) is 42.7 Å². The van der Waals surface area contributed by atoms with E-state index in [0.29, 0.717) is 17.9 Å². The Hall–Kier alpha value is -2.96. The molecule has 6 nitrogen and oxygen atoms in total. The van der Waals surface area contributed by atoms with Gasteiger partial charge in [0.15, 0.2) is 11.5 Å². The lowest BCUT2D eigenvalue weighted by molar-refractivity contribution is 0.356. The number of rotatable bonds is 7. The van der Waals surface area contributed by atoms with Gasteiger partial charge < -0.3 is 19.5 Å². The van der Waals surface area contributed by atoms with Gasteiger partial charge in [-0.15, -0.1) is 24.8 Å². The van der Waals surface area contributed by atoms with Crippen molar-refractivity contribution in [1.29, 1.82) is 0 Å². The van der Waals surface area contributed by atoms with Gasteiger partial charge in [0.2, 0.25) is 0 Å². The third kappa shape index (κ3) is 4.92. The van der Waals surface area contributed by atoms with Gasteiger partial charge in [-0.05, 0) is 59.8 Å². The van der Waals surface area contributed by atoms with E-state index in [9.17, 15) is 0 Å². The topological polar surface area (TPSA) is 65.5 Å². The van der Waals surface area contributed by atoms with Gasteiger partial charge in [-0.3, -0.25) is 4.98 Å². The molecular formula is C24H27Cl2N3O3. The van der Waals surface area contributed by atoms with Crippen LogP contribution >= 0.6 is 24.8 Å². The van der Waals surface area contributed by atoms with Crippen molar-refractivity contribution in [2.45, 2.75) is 13.3 Å². The minimum Gasteiger partial charge on any atom is -0.497 e. The summed E-state index contributed by atoms with van der Waals surface area (Å²) in [5.41, 5.74) is 3.12. The summed E-state index contributed by atoms with van der Waals surface area (Å²) >= 11 is 0. The first kappa shape index (κ1) is 25.3. The maximum Gasteiger partial charge on any atom is 0.161 e. The summed E-state index contributed by atoms with van der Waals surface area (Å²) < 4.78 is 16.3. The molecule has 0 amide bonds. The molecule has 8 heteroatoms. The molecule has 0 spiro atoms. The highest BCUT2D eigenvalue weighted by Gasteiger charge is 2.13. The maximum atomic E-state index is 5.51. The van der Waals surface area contributed by atoms with Crippen molar-refractivity contribution in [3.8, 4) is 17.2 Å². The molecule has 0 aliphatic heterocycles. The standard InChI is InChI=1S/C24H25N3O3.2ClH/c1-5-26-24-16(8-15-10-19(28-2)6-7-21(15)27-24)9-17-13-25-14-18-11-22(29-3)23(30-4)12-20(17)18;;/h6-8,10-14H,5,9H2,1-4H3,(H,26,27);2*1H. The van der Waals surface area contributed by atoms with Crippen molar-refractivity contribution in [1.82, 2.24) is 9.97 Å². The van der Waals surface area contributed by atoms with Crippen LogP contribution < -0.4 is 19.5 Å². The molecule has 0 unspecified atom stereocenters. The quantitative estimate of drug-likeness (QED) is 0.371. The zero-order chi connectivity index (χ0) is 21.1. The molecule has 2 heterocycles. The molecule has 4 rings (SSSR count). The molecule has 0 aliphatic rings. The SMILES string of the molecule is CCNc1nc2ccc(OC)cc2cc1Cc1cncc2cc(OC)c(OC)cc12.Cl.Cl. The van der Waals surface area contributed by atoms with Gasteiger partial charge in [-0.2, -0.15) is 0 Å².